The van der Waals surface area contributed by atoms with Crippen LogP contribution in [0, 0.1) is 0 Å². The van der Waals surface area contributed by atoms with Crippen LogP contribution in [0.15, 0.2) is 231 Å². The van der Waals surface area contributed by atoms with Gasteiger partial charge < -0.3 is 22.6 Å². The number of benzene rings is 12. The summed E-state index contributed by atoms with van der Waals surface area (Å²) in [4.78, 5) is 0. The van der Waals surface area contributed by atoms with Crippen LogP contribution in [0.25, 0.3) is 98.0 Å². The smallest absolute Gasteiger partial charge is 0.423 e. The normalized spacial score (nSPS) is 12.4. The molecule has 12 rings (SSSR count). The Morgan fingerprint density at radius 3 is 0.828 bits per heavy atom. The van der Waals surface area contributed by atoms with Crippen molar-refractivity contribution in [3.05, 3.63) is 231 Å². The molecule has 0 aliphatic carbocycles. The Morgan fingerprint density at radius 1 is 0.276 bits per heavy atom. The maximum absolute atomic E-state index is 13.1. The van der Waals surface area contributed by atoms with Gasteiger partial charge >= 0.3 is 54.0 Å². The monoisotopic (exact) mass is 1250 g/mol. The van der Waals surface area contributed by atoms with Gasteiger partial charge in [0.15, 0.2) is 17.2 Å². The van der Waals surface area contributed by atoms with E-state index in [9.17, 15) is 74.8 Å². The largest absolute Gasteiger partial charge is 0.534 e. The Hall–Kier alpha value is -9.20. The summed E-state index contributed by atoms with van der Waals surface area (Å²) < 4.78 is 194. The summed E-state index contributed by atoms with van der Waals surface area (Å²) in [6.45, 7) is 0. The highest BCUT2D eigenvalue weighted by atomic mass is 32.2. The highest BCUT2D eigenvalue weighted by Crippen LogP contribution is 2.47. The number of rotatable bonds is 10. The lowest BCUT2D eigenvalue weighted by molar-refractivity contribution is -0.0504. The van der Waals surface area contributed by atoms with Crippen molar-refractivity contribution in [2.75, 3.05) is 0 Å². The summed E-state index contributed by atoms with van der Waals surface area (Å²) in [5, 5.41) is 27.7. The van der Waals surface area contributed by atoms with Crippen molar-refractivity contribution in [1.29, 1.82) is 0 Å². The minimum atomic E-state index is -6.05. The molecule has 24 heteroatoms. The molecule has 0 aromatic heterocycles. The topological polar surface area (TPSA) is 171 Å². The number of halogens is 9. The molecule has 0 heterocycles. The lowest BCUT2D eigenvalue weighted by Crippen LogP contribution is -2.31. The fourth-order valence-electron chi connectivity index (χ4n) is 10.2. The molecule has 0 atom stereocenters. The van der Waals surface area contributed by atoms with Crippen molar-refractivity contribution < 1.29 is 87.4 Å². The summed E-state index contributed by atoms with van der Waals surface area (Å²) in [6.07, 6.45) is 0. The molecule has 0 bridgehead atoms. The first-order chi connectivity index (χ1) is 41.2. The van der Waals surface area contributed by atoms with Crippen LogP contribution >= 0.6 is 0 Å². The average molecular weight is 1250 g/mol. The third kappa shape index (κ3) is 12.1. The average Bonchev–Trinajstić information content (AvgIpc) is 0.783. The predicted molar refractivity (Wildman–Crippen MR) is 317 cm³/mol. The first kappa shape index (κ1) is 60.9. The summed E-state index contributed by atoms with van der Waals surface area (Å²) in [6, 6.07) is 67.2. The molecule has 12 aromatic carbocycles. The second-order valence-corrected chi connectivity index (χ2v) is 23.7. The summed E-state index contributed by atoms with van der Waals surface area (Å²) in [7, 11) is -19.4. The molecule has 0 unspecified atom stereocenters. The van der Waals surface area contributed by atoms with E-state index in [-0.39, 0.29) is 11.1 Å². The minimum Gasteiger partial charge on any atom is -0.423 e. The number of alkyl halides is 9. The van der Waals surface area contributed by atoms with Crippen LogP contribution in [0.5, 0.6) is 17.2 Å². The highest BCUT2D eigenvalue weighted by Gasteiger charge is 2.50. The molecule has 0 spiro atoms. The standard InChI is InChI=1S/C31H19F3O3S.C20H15BO2.C12H6F6O6S2/c32-31(33,34)38(35,36)37-28-19-9-16-21-22(28)17-8-18-23(21)30-26-14-6-4-12-24(26)29(20-10-2-1-3-11-20)25-13-5-7-15-27(25)30;22-21(23)20-17-12-6-4-10-15(17)19(14-8-2-1-3-9-14)16-11-5-7-13-18(16)20;13-11(14,15)25(19,20)23-9-5-1-3-7-8(9)4-2-6-10(7)24-26(21,22)12(16,17)18/h1-19H;1-13,22-23H;1-6H. The van der Waals surface area contributed by atoms with E-state index in [1.165, 1.54) is 12.1 Å². The summed E-state index contributed by atoms with van der Waals surface area (Å²) in [5.41, 5.74) is -10.4. The van der Waals surface area contributed by atoms with Gasteiger partial charge in [-0.2, -0.15) is 64.8 Å². The predicted octanol–water partition coefficient (Wildman–Crippen LogP) is 15.3. The van der Waals surface area contributed by atoms with Crippen LogP contribution in [-0.4, -0.2) is 58.9 Å². The van der Waals surface area contributed by atoms with Crippen molar-refractivity contribution in [3.8, 4) is 50.6 Å². The van der Waals surface area contributed by atoms with Crippen LogP contribution in [0.2, 0.25) is 0 Å². The zero-order chi connectivity index (χ0) is 62.3. The molecule has 0 radical (unpaired) electrons. The SMILES string of the molecule is O=S(=O)(Oc1cccc2c(-c3c4ccccc4c(-c4ccccc4)c4ccccc34)cccc12)C(F)(F)F.O=S(=O)(Oc1cccc2c(OS(=O)(=O)C(F)(F)F)cccc12)C(F)(F)F.OB(O)c1c2ccccc2c(-c2ccccc2)c2ccccc12. The van der Waals surface area contributed by atoms with E-state index >= 15 is 0 Å². The molecule has 0 aliphatic heterocycles. The zero-order valence-corrected chi connectivity index (χ0v) is 46.7. The lowest BCUT2D eigenvalue weighted by atomic mass is 9.72. The molecule has 0 saturated carbocycles. The van der Waals surface area contributed by atoms with Gasteiger partial charge in [0.05, 0.1) is 0 Å². The highest BCUT2D eigenvalue weighted by molar-refractivity contribution is 7.88. The Kier molecular flexibility index (Phi) is 16.5. The van der Waals surface area contributed by atoms with Crippen LogP contribution in [0.4, 0.5) is 39.5 Å². The minimum absolute atomic E-state index is 0.262. The molecule has 0 fully saturated rings. The van der Waals surface area contributed by atoms with Gasteiger partial charge in [0, 0.05) is 16.2 Å². The van der Waals surface area contributed by atoms with Gasteiger partial charge in [-0.3, -0.25) is 0 Å². The fourth-order valence-corrected chi connectivity index (χ4v) is 11.6. The van der Waals surface area contributed by atoms with Gasteiger partial charge in [0.25, 0.3) is 0 Å². The van der Waals surface area contributed by atoms with Crippen molar-refractivity contribution in [3.63, 3.8) is 0 Å². The third-order valence-electron chi connectivity index (χ3n) is 13.7. The molecule has 0 saturated heterocycles. The van der Waals surface area contributed by atoms with E-state index in [2.05, 4.69) is 48.9 Å². The molecule has 442 valence electrons. The van der Waals surface area contributed by atoms with E-state index < -0.39 is 76.3 Å². The van der Waals surface area contributed by atoms with E-state index in [1.54, 1.807) is 18.2 Å². The number of fused-ring (bicyclic) bond motifs is 6. The molecule has 11 nitrogen and oxygen atoms in total. The molecule has 0 amide bonds. The maximum atomic E-state index is 13.1. The zero-order valence-electron chi connectivity index (χ0n) is 44.2. The van der Waals surface area contributed by atoms with Crippen molar-refractivity contribution in [2.45, 2.75) is 16.5 Å². The quantitative estimate of drug-likeness (QED) is 0.0439. The summed E-state index contributed by atoms with van der Waals surface area (Å²) in [5.74, 6) is -2.14. The van der Waals surface area contributed by atoms with E-state index in [0.717, 1.165) is 113 Å². The number of hydrogen-bond donors (Lipinski definition) is 2. The fraction of sp³-hybridized carbons (Fsp3) is 0.0476. The van der Waals surface area contributed by atoms with Crippen LogP contribution < -0.4 is 18.0 Å². The summed E-state index contributed by atoms with van der Waals surface area (Å²) >= 11 is 0. The van der Waals surface area contributed by atoms with Gasteiger partial charge in [-0.25, -0.2) is 0 Å². The molecule has 87 heavy (non-hydrogen) atoms. The van der Waals surface area contributed by atoms with Crippen LogP contribution in [0.3, 0.4) is 0 Å². The molecule has 2 N–H and O–H groups in total. The van der Waals surface area contributed by atoms with Crippen LogP contribution in [0.1, 0.15) is 0 Å². The number of hydrogen-bond acceptors (Lipinski definition) is 11. The lowest BCUT2D eigenvalue weighted by Gasteiger charge is -2.19. The van der Waals surface area contributed by atoms with Gasteiger partial charge in [-0.1, -0.05) is 212 Å². The van der Waals surface area contributed by atoms with Crippen molar-refractivity contribution in [1.82, 2.24) is 0 Å². The maximum Gasteiger partial charge on any atom is 0.534 e. The van der Waals surface area contributed by atoms with E-state index in [1.807, 2.05) is 127 Å². The Bertz CT molecular complexity index is 4760. The Labute approximate surface area is 490 Å². The Morgan fingerprint density at radius 2 is 0.517 bits per heavy atom. The molecule has 12 aromatic rings. The first-order valence-corrected chi connectivity index (χ1v) is 29.8. The molecular weight excluding hydrogens is 1210 g/mol. The first-order valence-electron chi connectivity index (χ1n) is 25.6. The second-order valence-electron chi connectivity index (χ2n) is 19.0. The van der Waals surface area contributed by atoms with Gasteiger partial charge in [0.2, 0.25) is 0 Å². The van der Waals surface area contributed by atoms with Gasteiger partial charge in [-0.05, 0) is 106 Å². The second kappa shape index (κ2) is 23.6. The van der Waals surface area contributed by atoms with Crippen molar-refractivity contribution >= 4 is 108 Å². The van der Waals surface area contributed by atoms with E-state index in [0.29, 0.717) is 10.8 Å². The van der Waals surface area contributed by atoms with E-state index in [4.69, 9.17) is 0 Å². The van der Waals surface area contributed by atoms with Gasteiger partial charge in [-0.15, -0.1) is 0 Å². The third-order valence-corrected chi connectivity index (χ3v) is 16.6. The van der Waals surface area contributed by atoms with Crippen LogP contribution in [-0.2, 0) is 30.4 Å². The Balaban J connectivity index is 0.000000151. The van der Waals surface area contributed by atoms with Crippen molar-refractivity contribution in [2.24, 2.45) is 0 Å². The molecular formula is C63H40BF9O11S3. The van der Waals surface area contributed by atoms with Gasteiger partial charge in [0.1, 0.15) is 0 Å². The molecule has 0 aliphatic rings.